The first-order valence-electron chi connectivity index (χ1n) is 9.35. The number of tetrazole rings is 1. The van der Waals surface area contributed by atoms with Gasteiger partial charge < -0.3 is 10.1 Å². The highest BCUT2D eigenvalue weighted by Gasteiger charge is 2.31. The van der Waals surface area contributed by atoms with Crippen LogP contribution in [0.3, 0.4) is 0 Å². The number of ether oxygens (including phenoxy) is 1. The number of hydrogen-bond donors (Lipinski definition) is 2. The van der Waals surface area contributed by atoms with Crippen LogP contribution in [0.5, 0.6) is 0 Å². The zero-order valence-electron chi connectivity index (χ0n) is 16.0. The molecule has 1 aromatic carbocycles. The van der Waals surface area contributed by atoms with E-state index in [0.29, 0.717) is 5.92 Å². The van der Waals surface area contributed by atoms with E-state index < -0.39 is 5.60 Å². The fourth-order valence-electron chi connectivity index (χ4n) is 3.44. The summed E-state index contributed by atoms with van der Waals surface area (Å²) < 4.78 is 5.37. The minimum Gasteiger partial charge on any atom is -0.444 e. The highest BCUT2D eigenvalue weighted by molar-refractivity contribution is 7.99. The molecule has 1 heterocycles. The lowest BCUT2D eigenvalue weighted by Gasteiger charge is -2.34. The third-order valence-electron chi connectivity index (χ3n) is 4.61. The maximum Gasteiger partial charge on any atom is 0.407 e. The summed E-state index contributed by atoms with van der Waals surface area (Å²) in [5.74, 6) is 0.499. The van der Waals surface area contributed by atoms with Crippen molar-refractivity contribution >= 4 is 17.9 Å². The monoisotopic (exact) mass is 389 g/mol. The molecule has 0 aliphatic heterocycles. The van der Waals surface area contributed by atoms with Crippen LogP contribution in [-0.4, -0.2) is 38.4 Å². The molecule has 2 N–H and O–H groups in total. The standard InChI is InChI=1S/C19H27N5O2S/c1-19(2,3)26-18(25)20-15-11-9-14(10-12-15)16(13-7-5-4-6-8-13)27-17-21-23-24-22-17/h4-8,14-16H,9-12H2,1-3H3,(H,20,25)(H,21,22,23,24)/t14-,15-,16?. The first kappa shape index (κ1) is 19.7. The Hall–Kier alpha value is -2.09. The summed E-state index contributed by atoms with van der Waals surface area (Å²) in [7, 11) is 0. The van der Waals surface area contributed by atoms with Crippen molar-refractivity contribution in [1.29, 1.82) is 0 Å². The lowest BCUT2D eigenvalue weighted by molar-refractivity contribution is 0.0487. The molecule has 1 aliphatic rings. The second kappa shape index (κ2) is 8.73. The van der Waals surface area contributed by atoms with Gasteiger partial charge in [0.15, 0.2) is 0 Å². The summed E-state index contributed by atoms with van der Waals surface area (Å²) in [4.78, 5) is 12.0. The molecule has 0 radical (unpaired) electrons. The van der Waals surface area contributed by atoms with Gasteiger partial charge in [-0.1, -0.05) is 42.1 Å². The van der Waals surface area contributed by atoms with Gasteiger partial charge in [-0.2, -0.15) is 0 Å². The average molecular weight is 390 g/mol. The van der Waals surface area contributed by atoms with Gasteiger partial charge in [0.05, 0.1) is 0 Å². The SMILES string of the molecule is CC(C)(C)OC(=O)N[C@H]1CC[C@H](C(Sc2nnn[nH]2)c2ccccc2)CC1. The Morgan fingerprint density at radius 3 is 2.52 bits per heavy atom. The van der Waals surface area contributed by atoms with E-state index >= 15 is 0 Å². The van der Waals surface area contributed by atoms with E-state index in [1.54, 1.807) is 11.8 Å². The normalized spacial score (nSPS) is 21.4. The second-order valence-corrected chi connectivity index (χ2v) is 9.04. The Kier molecular flexibility index (Phi) is 6.36. The van der Waals surface area contributed by atoms with E-state index in [2.05, 4.69) is 50.2 Å². The third kappa shape index (κ3) is 5.95. The maximum absolute atomic E-state index is 12.0. The van der Waals surface area contributed by atoms with Crippen LogP contribution < -0.4 is 5.32 Å². The fourth-order valence-corrected chi connectivity index (χ4v) is 4.62. The second-order valence-electron chi connectivity index (χ2n) is 7.91. The van der Waals surface area contributed by atoms with Gasteiger partial charge in [-0.05, 0) is 68.4 Å². The summed E-state index contributed by atoms with van der Waals surface area (Å²) in [6.45, 7) is 5.64. The van der Waals surface area contributed by atoms with Crippen molar-refractivity contribution in [1.82, 2.24) is 25.9 Å². The predicted octanol–water partition coefficient (Wildman–Crippen LogP) is 4.12. The van der Waals surface area contributed by atoms with Crippen molar-refractivity contribution in [3.8, 4) is 0 Å². The van der Waals surface area contributed by atoms with Crippen molar-refractivity contribution in [3.05, 3.63) is 35.9 Å². The fraction of sp³-hybridized carbons (Fsp3) is 0.579. The molecular formula is C19H27N5O2S. The van der Waals surface area contributed by atoms with Crippen molar-refractivity contribution in [3.63, 3.8) is 0 Å². The summed E-state index contributed by atoms with van der Waals surface area (Å²) in [5.41, 5.74) is 0.809. The molecule has 2 aromatic rings. The van der Waals surface area contributed by atoms with Gasteiger partial charge in [-0.25, -0.2) is 9.89 Å². The molecule has 1 atom stereocenters. The van der Waals surface area contributed by atoms with Crippen LogP contribution >= 0.6 is 11.8 Å². The molecule has 0 bridgehead atoms. The molecule has 3 rings (SSSR count). The summed E-state index contributed by atoms with van der Waals surface area (Å²) in [6, 6.07) is 10.7. The number of nitrogens with zero attached hydrogens (tertiary/aromatic N) is 3. The van der Waals surface area contributed by atoms with Crippen LogP contribution in [-0.2, 0) is 4.74 Å². The first-order chi connectivity index (χ1) is 12.9. The van der Waals surface area contributed by atoms with Crippen molar-refractivity contribution in [2.24, 2.45) is 5.92 Å². The van der Waals surface area contributed by atoms with Crippen LogP contribution in [0.1, 0.15) is 57.3 Å². The molecule has 27 heavy (non-hydrogen) atoms. The summed E-state index contributed by atoms with van der Waals surface area (Å²) in [5, 5.41) is 18.3. The summed E-state index contributed by atoms with van der Waals surface area (Å²) >= 11 is 1.67. The highest BCUT2D eigenvalue weighted by atomic mass is 32.2. The van der Waals surface area contributed by atoms with Gasteiger partial charge in [0.1, 0.15) is 5.60 Å². The van der Waals surface area contributed by atoms with Crippen LogP contribution in [0, 0.1) is 5.92 Å². The molecule has 1 aromatic heterocycles. The van der Waals surface area contributed by atoms with Crippen molar-refractivity contribution in [2.45, 2.75) is 68.5 Å². The van der Waals surface area contributed by atoms with Gasteiger partial charge in [0.25, 0.3) is 0 Å². The molecule has 0 saturated heterocycles. The Balaban J connectivity index is 1.60. The Morgan fingerprint density at radius 2 is 1.93 bits per heavy atom. The van der Waals surface area contributed by atoms with Gasteiger partial charge in [-0.3, -0.25) is 0 Å². The van der Waals surface area contributed by atoms with Gasteiger partial charge in [0, 0.05) is 11.3 Å². The number of hydrogen-bond acceptors (Lipinski definition) is 6. The largest absolute Gasteiger partial charge is 0.444 e. The molecule has 1 amide bonds. The molecule has 146 valence electrons. The maximum atomic E-state index is 12.0. The summed E-state index contributed by atoms with van der Waals surface area (Å²) in [6.07, 6.45) is 3.64. The minimum absolute atomic E-state index is 0.171. The molecule has 0 spiro atoms. The Labute approximate surface area is 164 Å². The first-order valence-corrected chi connectivity index (χ1v) is 10.2. The quantitative estimate of drug-likeness (QED) is 0.747. The number of H-pyrrole nitrogens is 1. The number of alkyl carbamates (subject to hydrolysis) is 1. The van der Waals surface area contributed by atoms with Gasteiger partial charge in [0.2, 0.25) is 5.16 Å². The topological polar surface area (TPSA) is 92.8 Å². The van der Waals surface area contributed by atoms with Gasteiger partial charge >= 0.3 is 6.09 Å². The van der Waals surface area contributed by atoms with Crippen LogP contribution in [0.2, 0.25) is 0 Å². The average Bonchev–Trinajstić information content (AvgIpc) is 3.13. The molecule has 8 heteroatoms. The lowest BCUT2D eigenvalue weighted by Crippen LogP contribution is -2.41. The zero-order chi connectivity index (χ0) is 19.3. The van der Waals surface area contributed by atoms with Crippen LogP contribution in [0.4, 0.5) is 4.79 Å². The van der Waals surface area contributed by atoms with Gasteiger partial charge in [-0.15, -0.1) is 5.10 Å². The number of amides is 1. The van der Waals surface area contributed by atoms with Crippen LogP contribution in [0.15, 0.2) is 35.5 Å². The van der Waals surface area contributed by atoms with Crippen molar-refractivity contribution < 1.29 is 9.53 Å². The van der Waals surface area contributed by atoms with E-state index in [4.69, 9.17) is 4.74 Å². The van der Waals surface area contributed by atoms with E-state index in [1.807, 2.05) is 26.8 Å². The lowest BCUT2D eigenvalue weighted by atomic mass is 9.82. The number of thioether (sulfide) groups is 1. The molecule has 1 fully saturated rings. The molecule has 1 aliphatic carbocycles. The molecule has 1 unspecified atom stereocenters. The number of benzene rings is 1. The minimum atomic E-state index is -0.471. The smallest absolute Gasteiger partial charge is 0.407 e. The molecular weight excluding hydrogens is 362 g/mol. The number of carbonyl (C=O) groups excluding carboxylic acids is 1. The van der Waals surface area contributed by atoms with E-state index in [9.17, 15) is 4.79 Å². The van der Waals surface area contributed by atoms with Crippen LogP contribution in [0.25, 0.3) is 0 Å². The molecule has 7 nitrogen and oxygen atoms in total. The predicted molar refractivity (Wildman–Crippen MR) is 104 cm³/mol. The number of rotatable bonds is 5. The number of aromatic nitrogens is 4. The van der Waals surface area contributed by atoms with E-state index in [0.717, 1.165) is 30.8 Å². The third-order valence-corrected chi connectivity index (χ3v) is 5.92. The van der Waals surface area contributed by atoms with E-state index in [1.165, 1.54) is 5.56 Å². The number of nitrogens with one attached hydrogen (secondary N) is 2. The number of aromatic amines is 1. The Bertz CT molecular complexity index is 709. The molecule has 1 saturated carbocycles. The van der Waals surface area contributed by atoms with E-state index in [-0.39, 0.29) is 17.4 Å². The zero-order valence-corrected chi connectivity index (χ0v) is 16.8. The Morgan fingerprint density at radius 1 is 1.22 bits per heavy atom. The highest BCUT2D eigenvalue weighted by Crippen LogP contribution is 2.45. The number of carbonyl (C=O) groups is 1. The van der Waals surface area contributed by atoms with Crippen molar-refractivity contribution in [2.75, 3.05) is 0 Å².